The summed E-state index contributed by atoms with van der Waals surface area (Å²) < 4.78 is 13.2. The fraction of sp³-hybridized carbons (Fsp3) is 0.375. The molecule has 164 valence electrons. The van der Waals surface area contributed by atoms with E-state index in [1.807, 2.05) is 24.3 Å². The Labute approximate surface area is 184 Å². The molecule has 0 aliphatic heterocycles. The molecule has 0 spiro atoms. The number of aromatic nitrogens is 2. The number of benzene rings is 1. The number of esters is 1. The van der Waals surface area contributed by atoms with Gasteiger partial charge in [-0.2, -0.15) is 0 Å². The monoisotopic (exact) mass is 438 g/mol. The molecule has 0 aliphatic carbocycles. The molecule has 31 heavy (non-hydrogen) atoms. The van der Waals surface area contributed by atoms with Crippen molar-refractivity contribution in [2.45, 2.75) is 52.4 Å². The van der Waals surface area contributed by atoms with Crippen molar-refractivity contribution in [1.29, 1.82) is 0 Å². The summed E-state index contributed by atoms with van der Waals surface area (Å²) in [5.74, 6) is -0.635. The fourth-order valence-corrected chi connectivity index (χ4v) is 3.95. The van der Waals surface area contributed by atoms with Gasteiger partial charge in [0.2, 0.25) is 5.43 Å². The fourth-order valence-electron chi connectivity index (χ4n) is 2.99. The molecule has 0 aliphatic rings. The van der Waals surface area contributed by atoms with E-state index >= 15 is 0 Å². The van der Waals surface area contributed by atoms with Crippen LogP contribution in [0, 0.1) is 0 Å². The second-order valence-electron chi connectivity index (χ2n) is 9.06. The van der Waals surface area contributed by atoms with Gasteiger partial charge in [-0.25, -0.2) is 9.78 Å². The van der Waals surface area contributed by atoms with Crippen LogP contribution in [0.1, 0.15) is 43.6 Å². The molecule has 6 nitrogen and oxygen atoms in total. The zero-order valence-corrected chi connectivity index (χ0v) is 20.1. The highest BCUT2D eigenvalue weighted by molar-refractivity contribution is 6.74. The molecule has 0 saturated carbocycles. The van der Waals surface area contributed by atoms with Gasteiger partial charge in [0.25, 0.3) is 0 Å². The summed E-state index contributed by atoms with van der Waals surface area (Å²) in [4.78, 5) is 29.6. The smallest absolute Gasteiger partial charge is 0.343 e. The van der Waals surface area contributed by atoms with Crippen molar-refractivity contribution in [3.05, 3.63) is 70.1 Å². The molecule has 3 rings (SSSR count). The van der Waals surface area contributed by atoms with Crippen molar-refractivity contribution in [3.8, 4) is 5.69 Å². The second kappa shape index (κ2) is 8.76. The van der Waals surface area contributed by atoms with E-state index in [1.54, 1.807) is 29.8 Å². The van der Waals surface area contributed by atoms with Crippen molar-refractivity contribution < 1.29 is 14.0 Å². The Kier molecular flexibility index (Phi) is 6.47. The number of carbonyl (C=O) groups excluding carboxylic acids is 1. The van der Waals surface area contributed by atoms with Gasteiger partial charge >= 0.3 is 5.97 Å². The zero-order chi connectivity index (χ0) is 22.8. The Morgan fingerprint density at radius 1 is 1.16 bits per heavy atom. The summed E-state index contributed by atoms with van der Waals surface area (Å²) in [5.41, 5.74) is 1.91. The van der Waals surface area contributed by atoms with Crippen LogP contribution in [0.25, 0.3) is 16.7 Å². The van der Waals surface area contributed by atoms with Crippen LogP contribution < -0.4 is 5.43 Å². The largest absolute Gasteiger partial charge is 0.462 e. The van der Waals surface area contributed by atoms with E-state index in [9.17, 15) is 9.59 Å². The summed E-state index contributed by atoms with van der Waals surface area (Å²) >= 11 is 0. The zero-order valence-electron chi connectivity index (χ0n) is 19.1. The minimum atomic E-state index is -1.89. The van der Waals surface area contributed by atoms with Gasteiger partial charge in [-0.15, -0.1) is 0 Å². The van der Waals surface area contributed by atoms with Crippen LogP contribution in [-0.4, -0.2) is 30.4 Å². The molecule has 7 heteroatoms. The highest BCUT2D eigenvalue weighted by atomic mass is 28.4. The Morgan fingerprint density at radius 3 is 2.58 bits per heavy atom. The number of ether oxygens (including phenoxy) is 1. The van der Waals surface area contributed by atoms with Crippen molar-refractivity contribution in [2.24, 2.45) is 0 Å². The summed E-state index contributed by atoms with van der Waals surface area (Å²) in [6.07, 6.45) is 3.15. The highest BCUT2D eigenvalue weighted by Gasteiger charge is 2.37. The molecule has 0 saturated heterocycles. The Bertz CT molecular complexity index is 1160. The quantitative estimate of drug-likeness (QED) is 0.396. The van der Waals surface area contributed by atoms with Crippen molar-refractivity contribution >= 4 is 25.3 Å². The molecule has 2 aromatic heterocycles. The topological polar surface area (TPSA) is 70.4 Å². The van der Waals surface area contributed by atoms with Gasteiger partial charge in [-0.3, -0.25) is 4.79 Å². The Balaban J connectivity index is 2.06. The SMILES string of the molecule is CCOC(=O)c1cn(-c2cccc(CO[Si](C)(C)C(C)(C)C)c2)c2ncccc2c1=O. The van der Waals surface area contributed by atoms with Gasteiger partial charge in [0.05, 0.1) is 18.6 Å². The maximum Gasteiger partial charge on any atom is 0.343 e. The third-order valence-electron chi connectivity index (χ3n) is 5.85. The molecule has 0 radical (unpaired) electrons. The maximum atomic E-state index is 12.8. The van der Waals surface area contributed by atoms with Crippen LogP contribution in [0.15, 0.2) is 53.6 Å². The Morgan fingerprint density at radius 2 is 1.90 bits per heavy atom. The average Bonchev–Trinajstić information content (AvgIpc) is 2.72. The van der Waals surface area contributed by atoms with Crippen LogP contribution in [-0.2, 0) is 15.8 Å². The molecule has 0 amide bonds. The number of fused-ring (bicyclic) bond motifs is 1. The lowest BCUT2D eigenvalue weighted by Gasteiger charge is -2.36. The lowest BCUT2D eigenvalue weighted by Crippen LogP contribution is -2.40. The Hall–Kier alpha value is -2.77. The van der Waals surface area contributed by atoms with E-state index in [0.29, 0.717) is 17.6 Å². The van der Waals surface area contributed by atoms with E-state index in [2.05, 4.69) is 38.8 Å². The number of pyridine rings is 2. The summed E-state index contributed by atoms with van der Waals surface area (Å²) in [6.45, 7) is 13.5. The van der Waals surface area contributed by atoms with E-state index in [1.165, 1.54) is 6.20 Å². The second-order valence-corrected chi connectivity index (χ2v) is 13.9. The molecular formula is C24H30N2O4Si. The predicted molar refractivity (Wildman–Crippen MR) is 125 cm³/mol. The van der Waals surface area contributed by atoms with Crippen molar-refractivity contribution in [3.63, 3.8) is 0 Å². The average molecular weight is 439 g/mol. The molecule has 0 bridgehead atoms. The van der Waals surface area contributed by atoms with Crippen LogP contribution in [0.2, 0.25) is 18.1 Å². The molecule has 0 atom stereocenters. The van der Waals surface area contributed by atoms with Gasteiger partial charge < -0.3 is 13.7 Å². The molecular weight excluding hydrogens is 408 g/mol. The third kappa shape index (κ3) is 4.78. The van der Waals surface area contributed by atoms with E-state index < -0.39 is 14.3 Å². The van der Waals surface area contributed by atoms with Crippen LogP contribution in [0.4, 0.5) is 0 Å². The van der Waals surface area contributed by atoms with Crippen molar-refractivity contribution in [2.75, 3.05) is 6.61 Å². The van der Waals surface area contributed by atoms with Gasteiger partial charge in [0, 0.05) is 18.1 Å². The molecule has 3 aromatic rings. The summed E-state index contributed by atoms with van der Waals surface area (Å²) in [7, 11) is -1.89. The first-order chi connectivity index (χ1) is 14.5. The normalized spacial score (nSPS) is 12.2. The predicted octanol–water partition coefficient (Wildman–Crippen LogP) is 5.08. The first-order valence-corrected chi connectivity index (χ1v) is 13.4. The minimum Gasteiger partial charge on any atom is -0.462 e. The van der Waals surface area contributed by atoms with Gasteiger partial charge in [0.15, 0.2) is 8.32 Å². The summed E-state index contributed by atoms with van der Waals surface area (Å²) in [6, 6.07) is 11.2. The number of nitrogens with zero attached hydrogens (tertiary/aromatic N) is 2. The third-order valence-corrected chi connectivity index (χ3v) is 10.3. The van der Waals surface area contributed by atoms with Crippen LogP contribution in [0.3, 0.4) is 0 Å². The molecule has 0 fully saturated rings. The van der Waals surface area contributed by atoms with E-state index in [4.69, 9.17) is 9.16 Å². The number of hydrogen-bond acceptors (Lipinski definition) is 5. The summed E-state index contributed by atoms with van der Waals surface area (Å²) in [5, 5.41) is 0.494. The first-order valence-electron chi connectivity index (χ1n) is 10.5. The number of rotatable bonds is 6. The number of hydrogen-bond donors (Lipinski definition) is 0. The van der Waals surface area contributed by atoms with E-state index in [0.717, 1.165) is 11.3 Å². The molecule has 0 N–H and O–H groups in total. The molecule has 2 heterocycles. The molecule has 1 aromatic carbocycles. The van der Waals surface area contributed by atoms with Crippen molar-refractivity contribution in [1.82, 2.24) is 9.55 Å². The lowest BCUT2D eigenvalue weighted by molar-refractivity contribution is 0.0524. The van der Waals surface area contributed by atoms with Gasteiger partial charge in [-0.05, 0) is 54.9 Å². The highest BCUT2D eigenvalue weighted by Crippen LogP contribution is 2.37. The minimum absolute atomic E-state index is 0.00900. The maximum absolute atomic E-state index is 12.8. The first kappa shape index (κ1) is 22.9. The van der Waals surface area contributed by atoms with E-state index in [-0.39, 0.29) is 22.6 Å². The number of carbonyl (C=O) groups is 1. The molecule has 0 unspecified atom stereocenters. The van der Waals surface area contributed by atoms with Crippen LogP contribution >= 0.6 is 0 Å². The lowest BCUT2D eigenvalue weighted by atomic mass is 10.1. The van der Waals surface area contributed by atoms with Crippen LogP contribution in [0.5, 0.6) is 0 Å². The van der Waals surface area contributed by atoms with Gasteiger partial charge in [0.1, 0.15) is 11.2 Å². The van der Waals surface area contributed by atoms with Gasteiger partial charge in [-0.1, -0.05) is 32.9 Å². The standard InChI is InChI=1S/C24H30N2O4Si/c1-7-29-23(28)20-15-26(22-19(21(20)27)12-9-13-25-22)18-11-8-10-17(14-18)16-30-31(5,6)24(2,3)4/h8-15H,7,16H2,1-6H3.